The first-order valence-electron chi connectivity index (χ1n) is 6.03. The zero-order valence-electron chi connectivity index (χ0n) is 10.8. The Kier molecular flexibility index (Phi) is 4.26. The van der Waals surface area contributed by atoms with E-state index < -0.39 is 6.04 Å². The first-order valence-corrected chi connectivity index (χ1v) is 6.03. The van der Waals surface area contributed by atoms with Gasteiger partial charge in [0.15, 0.2) is 0 Å². The Labute approximate surface area is 112 Å². The first-order chi connectivity index (χ1) is 9.27. The zero-order chi connectivity index (χ0) is 13.7. The molecule has 0 fully saturated rings. The molecule has 1 aromatic carbocycles. The molecular formula is C15H16N2O2. The Morgan fingerprint density at radius 3 is 3.00 bits per heavy atom. The third-order valence-corrected chi connectivity index (χ3v) is 2.88. The van der Waals surface area contributed by atoms with E-state index in [0.29, 0.717) is 6.54 Å². The SMILES string of the molecule is C=CCNC(C(=O)OC)c1cccc2cccnc12. The number of hydrogen-bond donors (Lipinski definition) is 1. The van der Waals surface area contributed by atoms with E-state index in [9.17, 15) is 4.79 Å². The Hall–Kier alpha value is -2.20. The van der Waals surface area contributed by atoms with Crippen LogP contribution in [0.4, 0.5) is 0 Å². The van der Waals surface area contributed by atoms with Crippen molar-refractivity contribution in [1.29, 1.82) is 0 Å². The van der Waals surface area contributed by atoms with E-state index in [1.165, 1.54) is 7.11 Å². The number of hydrogen-bond acceptors (Lipinski definition) is 4. The molecule has 0 aliphatic heterocycles. The van der Waals surface area contributed by atoms with E-state index in [-0.39, 0.29) is 5.97 Å². The summed E-state index contributed by atoms with van der Waals surface area (Å²) in [6.45, 7) is 4.16. The summed E-state index contributed by atoms with van der Waals surface area (Å²) in [5.74, 6) is -0.333. The molecule has 0 aliphatic carbocycles. The summed E-state index contributed by atoms with van der Waals surface area (Å²) in [4.78, 5) is 16.3. The topological polar surface area (TPSA) is 51.2 Å². The van der Waals surface area contributed by atoms with Crippen molar-refractivity contribution in [2.24, 2.45) is 0 Å². The molecule has 0 bridgehead atoms. The van der Waals surface area contributed by atoms with Crippen LogP contribution in [0, 0.1) is 0 Å². The molecule has 0 amide bonds. The van der Waals surface area contributed by atoms with Gasteiger partial charge in [-0.1, -0.05) is 30.3 Å². The monoisotopic (exact) mass is 256 g/mol. The van der Waals surface area contributed by atoms with E-state index in [2.05, 4.69) is 16.9 Å². The lowest BCUT2D eigenvalue weighted by Gasteiger charge is -2.17. The smallest absolute Gasteiger partial charge is 0.327 e. The Morgan fingerprint density at radius 2 is 2.26 bits per heavy atom. The van der Waals surface area contributed by atoms with Crippen molar-refractivity contribution < 1.29 is 9.53 Å². The molecule has 19 heavy (non-hydrogen) atoms. The summed E-state index contributed by atoms with van der Waals surface area (Å²) in [6, 6.07) is 9.05. The molecule has 4 nitrogen and oxygen atoms in total. The average molecular weight is 256 g/mol. The fraction of sp³-hybridized carbons (Fsp3) is 0.200. The van der Waals surface area contributed by atoms with Crippen LogP contribution in [0.3, 0.4) is 0 Å². The lowest BCUT2D eigenvalue weighted by atomic mass is 10.0. The number of benzene rings is 1. The van der Waals surface area contributed by atoms with E-state index in [0.717, 1.165) is 16.5 Å². The molecule has 1 unspecified atom stereocenters. The summed E-state index contributed by atoms with van der Waals surface area (Å²) in [5.41, 5.74) is 1.61. The van der Waals surface area contributed by atoms with Gasteiger partial charge in [0.25, 0.3) is 0 Å². The van der Waals surface area contributed by atoms with Crippen LogP contribution in [-0.2, 0) is 9.53 Å². The fourth-order valence-electron chi connectivity index (χ4n) is 2.00. The molecule has 1 N–H and O–H groups in total. The lowest BCUT2D eigenvalue weighted by Crippen LogP contribution is -2.30. The van der Waals surface area contributed by atoms with Crippen molar-refractivity contribution in [2.45, 2.75) is 6.04 Å². The quantitative estimate of drug-likeness (QED) is 0.658. The van der Waals surface area contributed by atoms with E-state index in [1.54, 1.807) is 12.3 Å². The average Bonchev–Trinajstić information content (AvgIpc) is 2.47. The molecule has 0 saturated carbocycles. The number of methoxy groups -OCH3 is 1. The molecule has 0 saturated heterocycles. The molecule has 0 aliphatic rings. The van der Waals surface area contributed by atoms with Gasteiger partial charge in [-0.2, -0.15) is 0 Å². The van der Waals surface area contributed by atoms with Crippen molar-refractivity contribution in [2.75, 3.05) is 13.7 Å². The van der Waals surface area contributed by atoms with Crippen LogP contribution in [0.2, 0.25) is 0 Å². The van der Waals surface area contributed by atoms with Gasteiger partial charge >= 0.3 is 5.97 Å². The Balaban J connectivity index is 2.48. The second-order valence-electron chi connectivity index (χ2n) is 4.08. The minimum absolute atomic E-state index is 0.333. The standard InChI is InChI=1S/C15H16N2O2/c1-3-9-16-14(15(18)19-2)12-8-4-6-11-7-5-10-17-13(11)12/h3-8,10,14,16H,1,9H2,2H3. The molecule has 98 valence electrons. The van der Waals surface area contributed by atoms with E-state index in [1.807, 2.05) is 30.3 Å². The number of carbonyl (C=O) groups is 1. The van der Waals surface area contributed by atoms with Gasteiger partial charge in [-0.3, -0.25) is 10.3 Å². The molecule has 4 heteroatoms. The minimum Gasteiger partial charge on any atom is -0.468 e. The zero-order valence-corrected chi connectivity index (χ0v) is 10.8. The van der Waals surface area contributed by atoms with Crippen molar-refractivity contribution in [1.82, 2.24) is 10.3 Å². The number of nitrogens with one attached hydrogen (secondary N) is 1. The molecule has 0 radical (unpaired) electrons. The van der Waals surface area contributed by atoms with Crippen LogP contribution in [-0.4, -0.2) is 24.6 Å². The summed E-state index contributed by atoms with van der Waals surface area (Å²) < 4.78 is 4.85. The van der Waals surface area contributed by atoms with Crippen molar-refractivity contribution >= 4 is 16.9 Å². The molecule has 1 heterocycles. The highest BCUT2D eigenvalue weighted by molar-refractivity contribution is 5.88. The highest BCUT2D eigenvalue weighted by atomic mass is 16.5. The van der Waals surface area contributed by atoms with Gasteiger partial charge in [0.1, 0.15) is 6.04 Å². The minimum atomic E-state index is -0.540. The number of aromatic nitrogens is 1. The predicted octanol–water partition coefficient (Wildman–Crippen LogP) is 2.22. The summed E-state index contributed by atoms with van der Waals surface area (Å²) >= 11 is 0. The predicted molar refractivity (Wildman–Crippen MR) is 74.7 cm³/mol. The van der Waals surface area contributed by atoms with Gasteiger partial charge in [0.2, 0.25) is 0 Å². The highest BCUT2D eigenvalue weighted by Gasteiger charge is 2.22. The van der Waals surface area contributed by atoms with Crippen LogP contribution < -0.4 is 5.32 Å². The fourth-order valence-corrected chi connectivity index (χ4v) is 2.00. The number of nitrogens with zero attached hydrogens (tertiary/aromatic N) is 1. The number of esters is 1. The van der Waals surface area contributed by atoms with Crippen LogP contribution >= 0.6 is 0 Å². The maximum atomic E-state index is 11.9. The van der Waals surface area contributed by atoms with Gasteiger partial charge in [-0.25, -0.2) is 4.79 Å². The lowest BCUT2D eigenvalue weighted by molar-refractivity contribution is -0.143. The normalized spacial score (nSPS) is 12.1. The van der Waals surface area contributed by atoms with Gasteiger partial charge in [0.05, 0.1) is 12.6 Å². The summed E-state index contributed by atoms with van der Waals surface area (Å²) in [6.07, 6.45) is 3.42. The van der Waals surface area contributed by atoms with Gasteiger partial charge in [-0.05, 0) is 6.07 Å². The third-order valence-electron chi connectivity index (χ3n) is 2.88. The molecule has 1 atom stereocenters. The molecule has 2 rings (SSSR count). The summed E-state index contributed by atoms with van der Waals surface area (Å²) in [7, 11) is 1.38. The molecular weight excluding hydrogens is 240 g/mol. The highest BCUT2D eigenvalue weighted by Crippen LogP contribution is 2.23. The number of para-hydroxylation sites is 1. The van der Waals surface area contributed by atoms with Crippen LogP contribution in [0.25, 0.3) is 10.9 Å². The number of pyridine rings is 1. The van der Waals surface area contributed by atoms with Gasteiger partial charge in [0, 0.05) is 23.7 Å². The Bertz CT molecular complexity index is 590. The Morgan fingerprint density at radius 1 is 1.47 bits per heavy atom. The van der Waals surface area contributed by atoms with Crippen molar-refractivity contribution in [3.05, 3.63) is 54.7 Å². The van der Waals surface area contributed by atoms with Crippen molar-refractivity contribution in [3.63, 3.8) is 0 Å². The number of fused-ring (bicyclic) bond motifs is 1. The first kappa shape index (κ1) is 13.2. The third kappa shape index (κ3) is 2.80. The number of carbonyl (C=O) groups excluding carboxylic acids is 1. The van der Waals surface area contributed by atoms with Crippen LogP contribution in [0.15, 0.2) is 49.2 Å². The maximum absolute atomic E-state index is 11.9. The van der Waals surface area contributed by atoms with Gasteiger partial charge in [-0.15, -0.1) is 6.58 Å². The number of rotatable bonds is 5. The van der Waals surface area contributed by atoms with E-state index in [4.69, 9.17) is 4.74 Å². The van der Waals surface area contributed by atoms with E-state index >= 15 is 0 Å². The van der Waals surface area contributed by atoms with Gasteiger partial charge < -0.3 is 4.74 Å². The number of ether oxygens (including phenoxy) is 1. The van der Waals surface area contributed by atoms with Crippen molar-refractivity contribution in [3.8, 4) is 0 Å². The largest absolute Gasteiger partial charge is 0.468 e. The van der Waals surface area contributed by atoms with Crippen LogP contribution in [0.5, 0.6) is 0 Å². The second kappa shape index (κ2) is 6.11. The second-order valence-corrected chi connectivity index (χ2v) is 4.08. The molecule has 2 aromatic rings. The molecule has 1 aromatic heterocycles. The maximum Gasteiger partial charge on any atom is 0.327 e. The molecule has 0 spiro atoms. The van der Waals surface area contributed by atoms with Crippen LogP contribution in [0.1, 0.15) is 11.6 Å². The summed E-state index contributed by atoms with van der Waals surface area (Å²) in [5, 5.41) is 4.09.